The van der Waals surface area contributed by atoms with Gasteiger partial charge in [0.25, 0.3) is 0 Å². The summed E-state index contributed by atoms with van der Waals surface area (Å²) < 4.78 is 9.65. The van der Waals surface area contributed by atoms with Crippen LogP contribution in [0.5, 0.6) is 0 Å². The first kappa shape index (κ1) is 25.1. The quantitative estimate of drug-likeness (QED) is 0.219. The van der Waals surface area contributed by atoms with Crippen molar-refractivity contribution in [2.45, 2.75) is 84.4 Å². The maximum atomic E-state index is 13.6. The summed E-state index contributed by atoms with van der Waals surface area (Å²) in [6.07, 6.45) is 3.08. The van der Waals surface area contributed by atoms with Crippen LogP contribution >= 0.6 is 63.7 Å². The Hall–Kier alpha value is 1.11. The molecular weight excluding hydrogens is 600 g/mol. The Morgan fingerprint density at radius 3 is 1.27 bits per heavy atom. The smallest absolute Gasteiger partial charge is 0.324 e. The molecule has 0 aromatic rings. The Labute approximate surface area is 191 Å². The van der Waals surface area contributed by atoms with Gasteiger partial charge in [0.2, 0.25) is 0 Å². The number of nitrogens with zero attached hydrogens (tertiary/aromatic N) is 2. The van der Waals surface area contributed by atoms with Gasteiger partial charge in [-0.25, -0.2) is 4.79 Å². The summed E-state index contributed by atoms with van der Waals surface area (Å²) in [4.78, 5) is 17.3. The summed E-state index contributed by atoms with van der Waals surface area (Å²) in [5.41, 5.74) is 0. The van der Waals surface area contributed by atoms with E-state index in [1.807, 2.05) is 9.80 Å². The zero-order chi connectivity index (χ0) is 20.3. The van der Waals surface area contributed by atoms with Gasteiger partial charge >= 0.3 is 6.03 Å². The summed E-state index contributed by atoms with van der Waals surface area (Å²) in [5.74, 6) is 0. The van der Waals surface area contributed by atoms with Crippen LogP contribution in [0.3, 0.4) is 0 Å². The number of halogens is 4. The predicted molar refractivity (Wildman–Crippen MR) is 121 cm³/mol. The van der Waals surface area contributed by atoms with Crippen molar-refractivity contribution in [2.75, 3.05) is 14.2 Å². The van der Waals surface area contributed by atoms with Crippen molar-refractivity contribution in [1.82, 2.24) is 9.80 Å². The third-order valence-corrected chi connectivity index (χ3v) is 11.1. The molecule has 1 heterocycles. The average Bonchev–Trinajstić information content (AvgIpc) is 2.73. The van der Waals surface area contributed by atoms with E-state index >= 15 is 0 Å². The van der Waals surface area contributed by atoms with Gasteiger partial charge in [-0.15, -0.1) is 0 Å². The molecule has 2 amide bonds. The summed E-state index contributed by atoms with van der Waals surface area (Å²) in [6.45, 7) is 8.29. The molecule has 1 aliphatic rings. The molecule has 0 saturated carbocycles. The van der Waals surface area contributed by atoms with E-state index < -0.39 is 6.71 Å². The number of rotatable bonds is 10. The van der Waals surface area contributed by atoms with Crippen molar-refractivity contribution < 1.29 is 14.3 Å². The Kier molecular flexibility index (Phi) is 9.90. The second-order valence-electron chi connectivity index (χ2n) is 6.42. The number of alkyl halides is 4. The Morgan fingerprint density at radius 1 is 0.769 bits per heavy atom. The van der Waals surface area contributed by atoms with Crippen LogP contribution in [-0.2, 0) is 9.47 Å². The molecular formula is C17H30Br4N2O3. The lowest BCUT2D eigenvalue weighted by atomic mass is 10.0. The molecule has 5 nitrogen and oxygen atoms in total. The normalized spacial score (nSPS) is 23.8. The number of ether oxygens (including phenoxy) is 2. The van der Waals surface area contributed by atoms with E-state index in [1.54, 1.807) is 14.2 Å². The number of methoxy groups -OCH3 is 2. The highest BCUT2D eigenvalue weighted by Crippen LogP contribution is 2.59. The van der Waals surface area contributed by atoms with Crippen molar-refractivity contribution in [3.63, 3.8) is 0 Å². The predicted octanol–water partition coefficient (Wildman–Crippen LogP) is 6.02. The van der Waals surface area contributed by atoms with Crippen LogP contribution in [0.2, 0.25) is 0 Å². The van der Waals surface area contributed by atoms with Crippen LogP contribution < -0.4 is 0 Å². The molecule has 9 heteroatoms. The highest BCUT2D eigenvalue weighted by Gasteiger charge is 2.67. The first-order valence-corrected chi connectivity index (χ1v) is 12.2. The molecule has 1 rings (SSSR count). The van der Waals surface area contributed by atoms with Crippen molar-refractivity contribution >= 4 is 69.8 Å². The van der Waals surface area contributed by atoms with Gasteiger partial charge in [0, 0.05) is 14.2 Å². The van der Waals surface area contributed by atoms with Crippen LogP contribution in [0.15, 0.2) is 0 Å². The minimum atomic E-state index is -0.851. The summed E-state index contributed by atoms with van der Waals surface area (Å²) in [6, 6.07) is -0.246. The number of urea groups is 1. The molecule has 0 aromatic carbocycles. The standard InChI is InChI=1S/C17H30Br4N2O3/c1-7-11(13(9-3)25-5)22-15(24)23(17(20,21)16(22,18)19)12(8-2)14(10-4)26-6/h11-14H,7-10H2,1-6H3. The molecule has 0 radical (unpaired) electrons. The van der Waals surface area contributed by atoms with Gasteiger partial charge in [0.05, 0.1) is 24.3 Å². The number of hydrogen-bond acceptors (Lipinski definition) is 3. The summed E-state index contributed by atoms with van der Waals surface area (Å²) >= 11 is 15.0. The lowest BCUT2D eigenvalue weighted by molar-refractivity contribution is 0.0164. The number of hydrogen-bond donors (Lipinski definition) is 0. The van der Waals surface area contributed by atoms with Gasteiger partial charge in [-0.2, -0.15) is 0 Å². The van der Waals surface area contributed by atoms with Gasteiger partial charge in [-0.3, -0.25) is 9.80 Å². The fourth-order valence-corrected chi connectivity index (χ4v) is 6.18. The zero-order valence-corrected chi connectivity index (χ0v) is 22.6. The topological polar surface area (TPSA) is 42.0 Å². The summed E-state index contributed by atoms with van der Waals surface area (Å²) in [5, 5.41) is 0. The Balaban J connectivity index is 3.43. The second kappa shape index (κ2) is 10.2. The van der Waals surface area contributed by atoms with Crippen LogP contribution in [0.4, 0.5) is 4.79 Å². The van der Waals surface area contributed by atoms with Crippen LogP contribution in [-0.4, -0.2) is 61.1 Å². The van der Waals surface area contributed by atoms with Crippen molar-refractivity contribution in [3.8, 4) is 0 Å². The fourth-order valence-electron chi connectivity index (χ4n) is 3.76. The first-order chi connectivity index (χ1) is 12.1. The molecule has 1 aliphatic heterocycles. The second-order valence-corrected chi connectivity index (χ2v) is 13.1. The lowest BCUT2D eigenvalue weighted by Crippen LogP contribution is -2.53. The van der Waals surface area contributed by atoms with Crippen LogP contribution in [0.25, 0.3) is 0 Å². The van der Waals surface area contributed by atoms with Crippen molar-refractivity contribution in [3.05, 3.63) is 0 Å². The van der Waals surface area contributed by atoms with Gasteiger partial charge in [0.1, 0.15) is 0 Å². The Morgan fingerprint density at radius 2 is 1.08 bits per heavy atom. The van der Waals surface area contributed by atoms with E-state index in [-0.39, 0.29) is 30.3 Å². The van der Waals surface area contributed by atoms with E-state index in [9.17, 15) is 4.79 Å². The molecule has 4 atom stereocenters. The van der Waals surface area contributed by atoms with E-state index in [2.05, 4.69) is 91.4 Å². The maximum Gasteiger partial charge on any atom is 0.324 e. The van der Waals surface area contributed by atoms with E-state index in [0.29, 0.717) is 0 Å². The van der Waals surface area contributed by atoms with Crippen molar-refractivity contribution in [1.29, 1.82) is 0 Å². The van der Waals surface area contributed by atoms with Crippen LogP contribution in [0, 0.1) is 0 Å². The SMILES string of the molecule is CCC(OC)C(CC)N1C(=O)N(C(CC)C(CC)OC)C(Br)(Br)C1(Br)Br. The number of carbonyl (C=O) groups is 1. The highest BCUT2D eigenvalue weighted by molar-refractivity contribution is 9.30. The van der Waals surface area contributed by atoms with E-state index in [1.165, 1.54) is 0 Å². The van der Waals surface area contributed by atoms with Gasteiger partial charge in [-0.05, 0) is 89.4 Å². The largest absolute Gasteiger partial charge is 0.379 e. The molecule has 4 unspecified atom stereocenters. The number of carbonyl (C=O) groups excluding carboxylic acids is 1. The minimum Gasteiger partial charge on any atom is -0.379 e. The van der Waals surface area contributed by atoms with Gasteiger partial charge in [-0.1, -0.05) is 27.7 Å². The summed E-state index contributed by atoms with van der Waals surface area (Å²) in [7, 11) is 3.39. The maximum absolute atomic E-state index is 13.6. The monoisotopic (exact) mass is 626 g/mol. The highest BCUT2D eigenvalue weighted by atomic mass is 79.9. The molecule has 0 bridgehead atoms. The minimum absolute atomic E-state index is 0.0568. The fraction of sp³-hybridized carbons (Fsp3) is 0.941. The molecule has 0 N–H and O–H groups in total. The lowest BCUT2D eigenvalue weighted by Gasteiger charge is -2.41. The molecule has 0 aromatic heterocycles. The molecule has 1 saturated heterocycles. The van der Waals surface area contributed by atoms with Crippen molar-refractivity contribution in [2.24, 2.45) is 0 Å². The molecule has 26 heavy (non-hydrogen) atoms. The zero-order valence-electron chi connectivity index (χ0n) is 16.3. The molecule has 0 spiro atoms. The molecule has 1 fully saturated rings. The van der Waals surface area contributed by atoms with E-state index in [4.69, 9.17) is 9.47 Å². The van der Waals surface area contributed by atoms with Gasteiger partial charge in [0.15, 0.2) is 6.71 Å². The Bertz CT molecular complexity index is 431. The third-order valence-electron chi connectivity index (χ3n) is 5.15. The molecule has 154 valence electrons. The average molecular weight is 630 g/mol. The van der Waals surface area contributed by atoms with E-state index in [0.717, 1.165) is 25.7 Å². The van der Waals surface area contributed by atoms with Gasteiger partial charge < -0.3 is 9.47 Å². The molecule has 0 aliphatic carbocycles. The third kappa shape index (κ3) is 4.32. The number of amides is 2. The van der Waals surface area contributed by atoms with Crippen LogP contribution in [0.1, 0.15) is 53.4 Å². The first-order valence-electron chi connectivity index (χ1n) is 9.04.